The van der Waals surface area contributed by atoms with Crippen LogP contribution in [0.4, 0.5) is 5.69 Å². The quantitative estimate of drug-likeness (QED) is 0.745. The average molecular weight is 410 g/mol. The van der Waals surface area contributed by atoms with Crippen molar-refractivity contribution in [1.82, 2.24) is 5.32 Å². The van der Waals surface area contributed by atoms with Crippen molar-refractivity contribution in [2.45, 2.75) is 0 Å². The fraction of sp³-hybridized carbons (Fsp3) is 0.125. The standard InChI is InChI=1S/C16H15IN2O3/c1-18-16(21)11-5-7-13(8-6-11)19-15(20)10-22-14-4-2-3-12(17)9-14/h2-9H,10H2,1H3,(H,18,21)(H,19,20). The number of nitrogens with one attached hydrogen (secondary N) is 2. The molecule has 0 saturated carbocycles. The van der Waals surface area contributed by atoms with Gasteiger partial charge in [0.2, 0.25) is 0 Å². The molecular formula is C16H15IN2O3. The first-order chi connectivity index (χ1) is 10.6. The van der Waals surface area contributed by atoms with Crippen LogP contribution in [0, 0.1) is 3.57 Å². The maximum atomic E-state index is 11.8. The fourth-order valence-electron chi connectivity index (χ4n) is 1.75. The van der Waals surface area contributed by atoms with E-state index < -0.39 is 0 Å². The number of hydrogen-bond donors (Lipinski definition) is 2. The normalized spacial score (nSPS) is 9.91. The third-order valence-corrected chi connectivity index (χ3v) is 3.49. The van der Waals surface area contributed by atoms with Gasteiger partial charge in [0, 0.05) is 21.9 Å². The lowest BCUT2D eigenvalue weighted by atomic mass is 10.2. The van der Waals surface area contributed by atoms with Crippen molar-refractivity contribution in [3.8, 4) is 5.75 Å². The molecule has 0 aliphatic heterocycles. The van der Waals surface area contributed by atoms with Crippen LogP contribution in [0.25, 0.3) is 0 Å². The molecule has 2 rings (SSSR count). The number of benzene rings is 2. The minimum Gasteiger partial charge on any atom is -0.484 e. The highest BCUT2D eigenvalue weighted by atomic mass is 127. The Kier molecular flexibility index (Phi) is 5.76. The molecule has 5 nitrogen and oxygen atoms in total. The highest BCUT2D eigenvalue weighted by molar-refractivity contribution is 14.1. The molecule has 2 aromatic carbocycles. The van der Waals surface area contributed by atoms with Crippen molar-refractivity contribution < 1.29 is 14.3 Å². The fourth-order valence-corrected chi connectivity index (χ4v) is 2.27. The van der Waals surface area contributed by atoms with Gasteiger partial charge in [-0.2, -0.15) is 0 Å². The number of anilines is 1. The summed E-state index contributed by atoms with van der Waals surface area (Å²) in [6, 6.07) is 14.1. The van der Waals surface area contributed by atoms with Crippen molar-refractivity contribution in [3.63, 3.8) is 0 Å². The van der Waals surface area contributed by atoms with Gasteiger partial charge in [-0.05, 0) is 65.1 Å². The second-order valence-electron chi connectivity index (χ2n) is 4.45. The van der Waals surface area contributed by atoms with Crippen LogP contribution < -0.4 is 15.4 Å². The highest BCUT2D eigenvalue weighted by Crippen LogP contribution is 2.15. The molecule has 0 radical (unpaired) electrons. The zero-order valence-electron chi connectivity index (χ0n) is 11.9. The molecule has 0 aliphatic carbocycles. The average Bonchev–Trinajstić information content (AvgIpc) is 2.53. The van der Waals surface area contributed by atoms with E-state index in [1.54, 1.807) is 37.4 Å². The van der Waals surface area contributed by atoms with E-state index in [2.05, 4.69) is 33.2 Å². The Labute approximate surface area is 142 Å². The maximum absolute atomic E-state index is 11.8. The molecule has 0 fully saturated rings. The molecule has 0 heterocycles. The molecule has 114 valence electrons. The second kappa shape index (κ2) is 7.79. The highest BCUT2D eigenvalue weighted by Gasteiger charge is 2.06. The number of carbonyl (C=O) groups excluding carboxylic acids is 2. The third-order valence-electron chi connectivity index (χ3n) is 2.82. The Morgan fingerprint density at radius 1 is 1.14 bits per heavy atom. The summed E-state index contributed by atoms with van der Waals surface area (Å²) in [5.41, 5.74) is 1.15. The summed E-state index contributed by atoms with van der Waals surface area (Å²) in [4.78, 5) is 23.2. The SMILES string of the molecule is CNC(=O)c1ccc(NC(=O)COc2cccc(I)c2)cc1. The Hall–Kier alpha value is -2.09. The molecular weight excluding hydrogens is 395 g/mol. The molecule has 2 aromatic rings. The van der Waals surface area contributed by atoms with Gasteiger partial charge in [-0.3, -0.25) is 9.59 Å². The summed E-state index contributed by atoms with van der Waals surface area (Å²) in [6.07, 6.45) is 0. The first-order valence-electron chi connectivity index (χ1n) is 6.59. The number of carbonyl (C=O) groups is 2. The van der Waals surface area contributed by atoms with Gasteiger partial charge < -0.3 is 15.4 Å². The Morgan fingerprint density at radius 2 is 1.86 bits per heavy atom. The van der Waals surface area contributed by atoms with Crippen molar-refractivity contribution in [2.24, 2.45) is 0 Å². The zero-order chi connectivity index (χ0) is 15.9. The Bertz CT molecular complexity index is 671. The van der Waals surface area contributed by atoms with Gasteiger partial charge in [-0.1, -0.05) is 6.07 Å². The lowest BCUT2D eigenvalue weighted by molar-refractivity contribution is -0.118. The monoisotopic (exact) mass is 410 g/mol. The van der Waals surface area contributed by atoms with Gasteiger partial charge in [-0.25, -0.2) is 0 Å². The number of ether oxygens (including phenoxy) is 1. The predicted octanol–water partition coefficient (Wildman–Crippen LogP) is 2.67. The second-order valence-corrected chi connectivity index (χ2v) is 5.70. The van der Waals surface area contributed by atoms with E-state index in [0.29, 0.717) is 17.0 Å². The summed E-state index contributed by atoms with van der Waals surface area (Å²) >= 11 is 2.18. The van der Waals surface area contributed by atoms with Crippen molar-refractivity contribution in [2.75, 3.05) is 19.0 Å². The van der Waals surface area contributed by atoms with Gasteiger partial charge in [-0.15, -0.1) is 0 Å². The topological polar surface area (TPSA) is 67.4 Å². The van der Waals surface area contributed by atoms with Crippen LogP contribution in [0.3, 0.4) is 0 Å². The van der Waals surface area contributed by atoms with Crippen LogP contribution in [0.1, 0.15) is 10.4 Å². The van der Waals surface area contributed by atoms with Crippen molar-refractivity contribution >= 4 is 40.1 Å². The van der Waals surface area contributed by atoms with Crippen LogP contribution in [-0.2, 0) is 4.79 Å². The lowest BCUT2D eigenvalue weighted by Gasteiger charge is -2.08. The molecule has 2 N–H and O–H groups in total. The van der Waals surface area contributed by atoms with Gasteiger partial charge >= 0.3 is 0 Å². The molecule has 0 aromatic heterocycles. The van der Waals surface area contributed by atoms with Gasteiger partial charge in [0.05, 0.1) is 0 Å². The van der Waals surface area contributed by atoms with E-state index in [1.165, 1.54) is 0 Å². The number of amides is 2. The van der Waals surface area contributed by atoms with Crippen LogP contribution in [0.15, 0.2) is 48.5 Å². The van der Waals surface area contributed by atoms with Crippen molar-refractivity contribution in [1.29, 1.82) is 0 Å². The molecule has 2 amide bonds. The summed E-state index contributed by atoms with van der Waals surface area (Å²) in [6.45, 7) is -0.0721. The Balaban J connectivity index is 1.88. The summed E-state index contributed by atoms with van der Waals surface area (Å²) in [5.74, 6) is 0.225. The van der Waals surface area contributed by atoms with Crippen LogP contribution >= 0.6 is 22.6 Å². The van der Waals surface area contributed by atoms with Gasteiger partial charge in [0.25, 0.3) is 11.8 Å². The third kappa shape index (κ3) is 4.73. The summed E-state index contributed by atoms with van der Waals surface area (Å²) in [7, 11) is 1.57. The minimum atomic E-state index is -0.258. The smallest absolute Gasteiger partial charge is 0.262 e. The molecule has 0 spiro atoms. The molecule has 22 heavy (non-hydrogen) atoms. The van der Waals surface area contributed by atoms with E-state index in [0.717, 1.165) is 3.57 Å². The number of hydrogen-bond acceptors (Lipinski definition) is 3. The molecule has 0 unspecified atom stereocenters. The summed E-state index contributed by atoms with van der Waals surface area (Å²) in [5, 5.41) is 5.25. The van der Waals surface area contributed by atoms with Crippen LogP contribution in [0.2, 0.25) is 0 Å². The summed E-state index contributed by atoms with van der Waals surface area (Å²) < 4.78 is 6.46. The molecule has 0 aliphatic rings. The molecule has 0 saturated heterocycles. The van der Waals surface area contributed by atoms with Crippen LogP contribution in [0.5, 0.6) is 5.75 Å². The van der Waals surface area contributed by atoms with E-state index in [1.807, 2.05) is 18.2 Å². The number of halogens is 1. The Morgan fingerprint density at radius 3 is 2.50 bits per heavy atom. The van der Waals surface area contributed by atoms with Gasteiger partial charge in [0.15, 0.2) is 6.61 Å². The van der Waals surface area contributed by atoms with E-state index in [-0.39, 0.29) is 18.4 Å². The van der Waals surface area contributed by atoms with Crippen molar-refractivity contribution in [3.05, 3.63) is 57.7 Å². The maximum Gasteiger partial charge on any atom is 0.262 e. The minimum absolute atomic E-state index is 0.0721. The van der Waals surface area contributed by atoms with E-state index in [4.69, 9.17) is 4.74 Å². The van der Waals surface area contributed by atoms with E-state index >= 15 is 0 Å². The van der Waals surface area contributed by atoms with E-state index in [9.17, 15) is 9.59 Å². The lowest BCUT2D eigenvalue weighted by Crippen LogP contribution is -2.20. The molecule has 6 heteroatoms. The van der Waals surface area contributed by atoms with Gasteiger partial charge in [0.1, 0.15) is 5.75 Å². The first kappa shape index (κ1) is 16.3. The predicted molar refractivity (Wildman–Crippen MR) is 93.1 cm³/mol. The first-order valence-corrected chi connectivity index (χ1v) is 7.67. The molecule has 0 bridgehead atoms. The number of rotatable bonds is 5. The largest absolute Gasteiger partial charge is 0.484 e. The zero-order valence-corrected chi connectivity index (χ0v) is 14.1. The van der Waals surface area contributed by atoms with Crippen LogP contribution in [-0.4, -0.2) is 25.5 Å². The molecule has 0 atom stereocenters.